The SMILES string of the molecule is CC1(C)CCCC(NC(=O)C2CCNc3ccccc32)C1. The largest absolute Gasteiger partial charge is 0.385 e. The standard InChI is InChI=1S/C18H26N2O/c1-18(2)10-5-6-13(12-18)20-17(21)15-9-11-19-16-8-4-3-7-14(15)16/h3-4,7-8,13,15,19H,5-6,9-12H2,1-2H3,(H,20,21). The Hall–Kier alpha value is -1.51. The summed E-state index contributed by atoms with van der Waals surface area (Å²) in [5, 5.41) is 6.70. The van der Waals surface area contributed by atoms with E-state index in [1.165, 1.54) is 12.8 Å². The quantitative estimate of drug-likeness (QED) is 0.871. The third kappa shape index (κ3) is 3.22. The second-order valence-electron chi connectivity index (χ2n) is 7.32. The van der Waals surface area contributed by atoms with Gasteiger partial charge in [-0.1, -0.05) is 38.5 Å². The second-order valence-corrected chi connectivity index (χ2v) is 7.32. The van der Waals surface area contributed by atoms with Crippen LogP contribution in [0.25, 0.3) is 0 Å². The summed E-state index contributed by atoms with van der Waals surface area (Å²) in [6.07, 6.45) is 5.61. The first-order valence-electron chi connectivity index (χ1n) is 8.18. The molecule has 2 atom stereocenters. The van der Waals surface area contributed by atoms with E-state index in [4.69, 9.17) is 0 Å². The molecule has 2 unspecified atom stereocenters. The van der Waals surface area contributed by atoms with Gasteiger partial charge in [0.05, 0.1) is 5.92 Å². The first-order valence-corrected chi connectivity index (χ1v) is 8.18. The molecule has 0 bridgehead atoms. The minimum atomic E-state index is 0.00693. The predicted octanol–water partition coefficient (Wildman–Crippen LogP) is 3.67. The molecule has 1 aromatic carbocycles. The third-order valence-corrected chi connectivity index (χ3v) is 4.95. The average molecular weight is 286 g/mol. The monoisotopic (exact) mass is 286 g/mol. The normalized spacial score (nSPS) is 27.3. The lowest BCUT2D eigenvalue weighted by atomic mass is 9.75. The number of carbonyl (C=O) groups is 1. The molecule has 1 amide bonds. The van der Waals surface area contributed by atoms with Gasteiger partial charge in [-0.2, -0.15) is 0 Å². The molecule has 1 aliphatic heterocycles. The van der Waals surface area contributed by atoms with Crippen molar-refractivity contribution in [1.82, 2.24) is 5.32 Å². The smallest absolute Gasteiger partial charge is 0.227 e. The van der Waals surface area contributed by atoms with Gasteiger partial charge in [0.15, 0.2) is 0 Å². The van der Waals surface area contributed by atoms with Gasteiger partial charge in [0, 0.05) is 18.3 Å². The minimum absolute atomic E-state index is 0.00693. The highest BCUT2D eigenvalue weighted by molar-refractivity contribution is 5.86. The van der Waals surface area contributed by atoms with Crippen LogP contribution in [-0.4, -0.2) is 18.5 Å². The molecule has 0 radical (unpaired) electrons. The lowest BCUT2D eigenvalue weighted by Gasteiger charge is -2.36. The summed E-state index contributed by atoms with van der Waals surface area (Å²) in [6.45, 7) is 5.50. The van der Waals surface area contributed by atoms with E-state index in [9.17, 15) is 4.79 Å². The van der Waals surface area contributed by atoms with E-state index in [0.717, 1.165) is 37.1 Å². The van der Waals surface area contributed by atoms with E-state index in [0.29, 0.717) is 11.5 Å². The Morgan fingerprint density at radius 1 is 1.29 bits per heavy atom. The zero-order valence-electron chi connectivity index (χ0n) is 13.1. The van der Waals surface area contributed by atoms with Crippen LogP contribution < -0.4 is 10.6 Å². The maximum atomic E-state index is 12.7. The fourth-order valence-electron chi connectivity index (χ4n) is 3.86. The van der Waals surface area contributed by atoms with E-state index < -0.39 is 0 Å². The zero-order valence-corrected chi connectivity index (χ0v) is 13.1. The highest BCUT2D eigenvalue weighted by Gasteiger charge is 2.32. The van der Waals surface area contributed by atoms with Crippen molar-refractivity contribution >= 4 is 11.6 Å². The van der Waals surface area contributed by atoms with Gasteiger partial charge < -0.3 is 10.6 Å². The lowest BCUT2D eigenvalue weighted by Crippen LogP contribution is -2.43. The maximum Gasteiger partial charge on any atom is 0.227 e. The summed E-state index contributed by atoms with van der Waals surface area (Å²) in [7, 11) is 0. The van der Waals surface area contributed by atoms with Crippen molar-refractivity contribution in [3.8, 4) is 0 Å². The van der Waals surface area contributed by atoms with Gasteiger partial charge in [-0.3, -0.25) is 4.79 Å². The van der Waals surface area contributed by atoms with Crippen molar-refractivity contribution in [3.05, 3.63) is 29.8 Å². The van der Waals surface area contributed by atoms with Crippen molar-refractivity contribution in [3.63, 3.8) is 0 Å². The number of amides is 1. The van der Waals surface area contributed by atoms with Crippen LogP contribution in [0.5, 0.6) is 0 Å². The molecule has 0 spiro atoms. The molecule has 0 aromatic heterocycles. The van der Waals surface area contributed by atoms with Gasteiger partial charge in [-0.15, -0.1) is 0 Å². The molecular formula is C18H26N2O. The van der Waals surface area contributed by atoms with Crippen molar-refractivity contribution in [2.45, 2.75) is 57.9 Å². The average Bonchev–Trinajstić information content (AvgIpc) is 2.45. The van der Waals surface area contributed by atoms with Crippen molar-refractivity contribution in [2.75, 3.05) is 11.9 Å². The molecular weight excluding hydrogens is 260 g/mol. The number of hydrogen-bond acceptors (Lipinski definition) is 2. The summed E-state index contributed by atoms with van der Waals surface area (Å²) in [4.78, 5) is 12.7. The Balaban J connectivity index is 1.69. The summed E-state index contributed by atoms with van der Waals surface area (Å²) in [6, 6.07) is 8.55. The molecule has 2 N–H and O–H groups in total. The van der Waals surface area contributed by atoms with Gasteiger partial charge in [0.2, 0.25) is 5.91 Å². The molecule has 1 aromatic rings. The number of hydrogen-bond donors (Lipinski definition) is 2. The molecule has 3 nitrogen and oxygen atoms in total. The van der Waals surface area contributed by atoms with Crippen LogP contribution in [-0.2, 0) is 4.79 Å². The molecule has 3 rings (SSSR count). The summed E-state index contributed by atoms with van der Waals surface area (Å²) >= 11 is 0. The number of para-hydroxylation sites is 1. The molecule has 1 aliphatic carbocycles. The summed E-state index contributed by atoms with van der Waals surface area (Å²) < 4.78 is 0. The Bertz CT molecular complexity index is 524. The molecule has 1 saturated carbocycles. The third-order valence-electron chi connectivity index (χ3n) is 4.95. The van der Waals surface area contributed by atoms with Crippen LogP contribution in [0.1, 0.15) is 57.4 Å². The molecule has 2 aliphatic rings. The predicted molar refractivity (Wildman–Crippen MR) is 86.5 cm³/mol. The van der Waals surface area contributed by atoms with Gasteiger partial charge in [0.1, 0.15) is 0 Å². The van der Waals surface area contributed by atoms with Crippen molar-refractivity contribution < 1.29 is 4.79 Å². The number of fused-ring (bicyclic) bond motifs is 1. The van der Waals surface area contributed by atoms with Crippen LogP contribution in [0, 0.1) is 5.41 Å². The van der Waals surface area contributed by atoms with Gasteiger partial charge in [-0.05, 0) is 42.7 Å². The molecule has 1 fully saturated rings. The van der Waals surface area contributed by atoms with Gasteiger partial charge in [0.25, 0.3) is 0 Å². The molecule has 3 heteroatoms. The van der Waals surface area contributed by atoms with Gasteiger partial charge >= 0.3 is 0 Å². The fraction of sp³-hybridized carbons (Fsp3) is 0.611. The highest BCUT2D eigenvalue weighted by atomic mass is 16.1. The number of rotatable bonds is 2. The van der Waals surface area contributed by atoms with Crippen molar-refractivity contribution in [2.24, 2.45) is 5.41 Å². The maximum absolute atomic E-state index is 12.7. The number of benzene rings is 1. The first kappa shape index (κ1) is 14.4. The van der Waals surface area contributed by atoms with Crippen LogP contribution in [0.2, 0.25) is 0 Å². The Kier molecular flexibility index (Phi) is 3.92. The zero-order chi connectivity index (χ0) is 14.9. The second kappa shape index (κ2) is 5.70. The van der Waals surface area contributed by atoms with E-state index in [1.54, 1.807) is 0 Å². The van der Waals surface area contributed by atoms with E-state index >= 15 is 0 Å². The van der Waals surface area contributed by atoms with Crippen LogP contribution in [0.3, 0.4) is 0 Å². The molecule has 1 heterocycles. The number of anilines is 1. The Morgan fingerprint density at radius 2 is 2.10 bits per heavy atom. The number of nitrogens with one attached hydrogen (secondary N) is 2. The summed E-state index contributed by atoms with van der Waals surface area (Å²) in [5.74, 6) is 0.221. The van der Waals surface area contributed by atoms with E-state index in [1.807, 2.05) is 12.1 Å². The lowest BCUT2D eigenvalue weighted by molar-refractivity contribution is -0.123. The minimum Gasteiger partial charge on any atom is -0.385 e. The first-order chi connectivity index (χ1) is 10.1. The Morgan fingerprint density at radius 3 is 2.90 bits per heavy atom. The van der Waals surface area contributed by atoms with Crippen LogP contribution in [0.15, 0.2) is 24.3 Å². The van der Waals surface area contributed by atoms with E-state index in [2.05, 4.69) is 36.6 Å². The van der Waals surface area contributed by atoms with Gasteiger partial charge in [-0.25, -0.2) is 0 Å². The molecule has 21 heavy (non-hydrogen) atoms. The van der Waals surface area contributed by atoms with Crippen LogP contribution in [0.4, 0.5) is 5.69 Å². The fourth-order valence-corrected chi connectivity index (χ4v) is 3.86. The summed E-state index contributed by atoms with van der Waals surface area (Å²) in [5.41, 5.74) is 2.63. The number of carbonyl (C=O) groups excluding carboxylic acids is 1. The van der Waals surface area contributed by atoms with E-state index in [-0.39, 0.29) is 11.8 Å². The molecule has 0 saturated heterocycles. The van der Waals surface area contributed by atoms with Crippen molar-refractivity contribution in [1.29, 1.82) is 0 Å². The van der Waals surface area contributed by atoms with Crippen LogP contribution >= 0.6 is 0 Å². The highest BCUT2D eigenvalue weighted by Crippen LogP contribution is 2.36. The topological polar surface area (TPSA) is 41.1 Å². The molecule has 114 valence electrons. The Labute approximate surface area is 127 Å².